The molecule has 4 rings (SSSR count). The smallest absolute Gasteiger partial charge is 0.266 e. The fraction of sp³-hybridized carbons (Fsp3) is 0.250. The first-order valence-corrected chi connectivity index (χ1v) is 9.28. The zero-order chi connectivity index (χ0) is 19.0. The highest BCUT2D eigenvalue weighted by Crippen LogP contribution is 2.15. The zero-order valence-corrected chi connectivity index (χ0v) is 15.8. The number of aromatic amines is 1. The fourth-order valence-corrected chi connectivity index (χ4v) is 3.65. The molecule has 2 aromatic carbocycles. The zero-order valence-electron chi connectivity index (χ0n) is 15.0. The number of fused-ring (bicyclic) bond motifs is 1. The highest BCUT2D eigenvalue weighted by Gasteiger charge is 2.21. The maximum absolute atomic E-state index is 12.9. The van der Waals surface area contributed by atoms with Crippen LogP contribution in [0.15, 0.2) is 53.3 Å². The van der Waals surface area contributed by atoms with Gasteiger partial charge in [0.2, 0.25) is 0 Å². The van der Waals surface area contributed by atoms with E-state index in [9.17, 15) is 9.59 Å². The van der Waals surface area contributed by atoms with Gasteiger partial charge >= 0.3 is 0 Å². The molecule has 1 saturated heterocycles. The van der Waals surface area contributed by atoms with E-state index in [0.29, 0.717) is 40.0 Å². The molecule has 1 aliphatic heterocycles. The summed E-state index contributed by atoms with van der Waals surface area (Å²) in [5.41, 5.74) is 1.66. The highest BCUT2D eigenvalue weighted by molar-refractivity contribution is 7.71. The second-order valence-corrected chi connectivity index (χ2v) is 7.15. The van der Waals surface area contributed by atoms with Gasteiger partial charge in [0.25, 0.3) is 11.5 Å². The Hall–Kier alpha value is -2.77. The Morgan fingerprint density at radius 1 is 1.04 bits per heavy atom. The predicted octanol–water partition coefficient (Wildman–Crippen LogP) is 2.44. The number of benzene rings is 2. The van der Waals surface area contributed by atoms with Crippen LogP contribution in [0.25, 0.3) is 16.6 Å². The van der Waals surface area contributed by atoms with E-state index in [-0.39, 0.29) is 11.5 Å². The molecule has 1 amide bonds. The molecule has 0 aliphatic carbocycles. The van der Waals surface area contributed by atoms with Crippen LogP contribution in [0.4, 0.5) is 0 Å². The van der Waals surface area contributed by atoms with Gasteiger partial charge in [0.1, 0.15) is 0 Å². The number of nitrogens with zero attached hydrogens (tertiary/aromatic N) is 3. The lowest BCUT2D eigenvalue weighted by molar-refractivity contribution is 0.0664. The van der Waals surface area contributed by atoms with E-state index in [1.807, 2.05) is 35.2 Å². The van der Waals surface area contributed by atoms with E-state index < -0.39 is 0 Å². The minimum Gasteiger partial charge on any atom is -0.336 e. The number of piperazine rings is 1. The van der Waals surface area contributed by atoms with Crippen LogP contribution in [0.1, 0.15) is 10.4 Å². The van der Waals surface area contributed by atoms with Gasteiger partial charge in [-0.25, -0.2) is 0 Å². The Bertz CT molecular complexity index is 1110. The number of carbonyl (C=O) groups is 1. The molecular weight excluding hydrogens is 360 g/mol. The van der Waals surface area contributed by atoms with E-state index in [0.717, 1.165) is 13.1 Å². The van der Waals surface area contributed by atoms with Gasteiger partial charge in [0.15, 0.2) is 4.77 Å². The largest absolute Gasteiger partial charge is 0.336 e. The van der Waals surface area contributed by atoms with Gasteiger partial charge in [0, 0.05) is 31.7 Å². The average Bonchev–Trinajstić information content (AvgIpc) is 2.68. The maximum atomic E-state index is 12.9. The standard InChI is InChI=1S/C20H20N4O2S/c1-22-9-11-23(12-10-22)18(25)14-7-8-16-17(13-14)21-20(27)24(19(16)26)15-5-3-2-4-6-15/h2-8,13H,9-12H2,1H3,(H,21,27). The summed E-state index contributed by atoms with van der Waals surface area (Å²) in [6.07, 6.45) is 0. The topological polar surface area (TPSA) is 61.3 Å². The molecule has 138 valence electrons. The van der Waals surface area contributed by atoms with Gasteiger partial charge in [-0.15, -0.1) is 0 Å². The third kappa shape index (κ3) is 3.31. The lowest BCUT2D eigenvalue weighted by atomic mass is 10.1. The van der Waals surface area contributed by atoms with E-state index in [2.05, 4.69) is 16.9 Å². The quantitative estimate of drug-likeness (QED) is 0.694. The minimum atomic E-state index is -0.196. The van der Waals surface area contributed by atoms with Crippen LogP contribution in [0.3, 0.4) is 0 Å². The lowest BCUT2D eigenvalue weighted by Crippen LogP contribution is -2.47. The van der Waals surface area contributed by atoms with Crippen molar-refractivity contribution in [3.63, 3.8) is 0 Å². The number of amides is 1. The van der Waals surface area contributed by atoms with Gasteiger partial charge in [-0.3, -0.25) is 14.2 Å². The van der Waals surface area contributed by atoms with Crippen LogP contribution >= 0.6 is 12.2 Å². The number of aromatic nitrogens is 2. The average molecular weight is 380 g/mol. The van der Waals surface area contributed by atoms with Gasteiger partial charge in [0.05, 0.1) is 16.6 Å². The number of hydrogen-bond donors (Lipinski definition) is 1. The first-order chi connectivity index (χ1) is 13.0. The lowest BCUT2D eigenvalue weighted by Gasteiger charge is -2.32. The summed E-state index contributed by atoms with van der Waals surface area (Å²) in [5, 5.41) is 0.502. The van der Waals surface area contributed by atoms with Crippen molar-refractivity contribution in [2.24, 2.45) is 0 Å². The Kier molecular flexibility index (Phi) is 4.63. The van der Waals surface area contributed by atoms with E-state index in [4.69, 9.17) is 12.2 Å². The van der Waals surface area contributed by atoms with E-state index in [1.165, 1.54) is 4.57 Å². The summed E-state index contributed by atoms with van der Waals surface area (Å²) >= 11 is 5.40. The Morgan fingerprint density at radius 2 is 1.74 bits per heavy atom. The van der Waals surface area contributed by atoms with Crippen LogP contribution in [-0.4, -0.2) is 58.5 Å². The molecule has 0 spiro atoms. The third-order valence-corrected chi connectivity index (χ3v) is 5.23. The SMILES string of the molecule is CN1CCN(C(=O)c2ccc3c(=O)n(-c4ccccc4)c(=S)[nH]c3c2)CC1. The molecular formula is C20H20N4O2S. The highest BCUT2D eigenvalue weighted by atomic mass is 32.1. The summed E-state index contributed by atoms with van der Waals surface area (Å²) in [6.45, 7) is 3.14. The predicted molar refractivity (Wildman–Crippen MR) is 108 cm³/mol. The molecule has 27 heavy (non-hydrogen) atoms. The molecule has 0 bridgehead atoms. The van der Waals surface area contributed by atoms with Crippen molar-refractivity contribution < 1.29 is 4.79 Å². The monoisotopic (exact) mass is 380 g/mol. The summed E-state index contributed by atoms with van der Waals surface area (Å²) in [4.78, 5) is 32.9. The molecule has 1 fully saturated rings. The first kappa shape index (κ1) is 17.6. The summed E-state index contributed by atoms with van der Waals surface area (Å²) in [6, 6.07) is 14.4. The number of likely N-dealkylation sites (N-methyl/N-ethyl adjacent to an activating group) is 1. The first-order valence-electron chi connectivity index (χ1n) is 8.87. The molecule has 7 heteroatoms. The molecule has 1 aromatic heterocycles. The second-order valence-electron chi connectivity index (χ2n) is 6.76. The van der Waals surface area contributed by atoms with Crippen LogP contribution in [-0.2, 0) is 0 Å². The maximum Gasteiger partial charge on any atom is 0.266 e. The van der Waals surface area contributed by atoms with Crippen molar-refractivity contribution in [3.05, 3.63) is 69.2 Å². The molecule has 1 aliphatic rings. The summed E-state index contributed by atoms with van der Waals surface area (Å²) in [7, 11) is 2.05. The molecule has 1 N–H and O–H groups in total. The minimum absolute atomic E-state index is 0.0171. The van der Waals surface area contributed by atoms with Crippen molar-refractivity contribution in [2.45, 2.75) is 0 Å². The van der Waals surface area contributed by atoms with Crippen molar-refractivity contribution in [1.82, 2.24) is 19.4 Å². The molecule has 0 saturated carbocycles. The summed E-state index contributed by atoms with van der Waals surface area (Å²) < 4.78 is 1.78. The second kappa shape index (κ2) is 7.09. The van der Waals surface area contributed by atoms with Gasteiger partial charge in [-0.2, -0.15) is 0 Å². The van der Waals surface area contributed by atoms with Crippen molar-refractivity contribution in [1.29, 1.82) is 0 Å². The molecule has 0 radical (unpaired) electrons. The normalized spacial score (nSPS) is 15.2. The van der Waals surface area contributed by atoms with Crippen LogP contribution in [0, 0.1) is 4.77 Å². The van der Waals surface area contributed by atoms with E-state index in [1.54, 1.807) is 18.2 Å². The number of H-pyrrole nitrogens is 1. The molecule has 2 heterocycles. The number of carbonyl (C=O) groups excluding carboxylic acids is 1. The van der Waals surface area contributed by atoms with Crippen LogP contribution in [0.5, 0.6) is 0 Å². The van der Waals surface area contributed by atoms with Gasteiger partial charge in [-0.1, -0.05) is 18.2 Å². The van der Waals surface area contributed by atoms with Crippen LogP contribution < -0.4 is 5.56 Å². The number of rotatable bonds is 2. The van der Waals surface area contributed by atoms with Crippen molar-refractivity contribution in [3.8, 4) is 5.69 Å². The summed E-state index contributed by atoms with van der Waals surface area (Å²) in [5.74, 6) is -0.0171. The van der Waals surface area contributed by atoms with Crippen LogP contribution in [0.2, 0.25) is 0 Å². The number of hydrogen-bond acceptors (Lipinski definition) is 4. The molecule has 6 nitrogen and oxygen atoms in total. The molecule has 0 unspecified atom stereocenters. The Balaban J connectivity index is 1.75. The molecule has 3 aromatic rings. The van der Waals surface area contributed by atoms with Gasteiger partial charge < -0.3 is 14.8 Å². The van der Waals surface area contributed by atoms with Crippen molar-refractivity contribution in [2.75, 3.05) is 33.2 Å². The molecule has 0 atom stereocenters. The fourth-order valence-electron chi connectivity index (χ4n) is 3.35. The Labute approximate surface area is 161 Å². The van der Waals surface area contributed by atoms with Crippen molar-refractivity contribution >= 4 is 29.0 Å². The Morgan fingerprint density at radius 3 is 2.44 bits per heavy atom. The number of para-hydroxylation sites is 1. The third-order valence-electron chi connectivity index (χ3n) is 4.95. The van der Waals surface area contributed by atoms with E-state index >= 15 is 0 Å². The number of nitrogens with one attached hydrogen (secondary N) is 1. The van der Waals surface area contributed by atoms with Gasteiger partial charge in [-0.05, 0) is 49.6 Å².